The van der Waals surface area contributed by atoms with Crippen molar-refractivity contribution in [1.82, 2.24) is 4.90 Å². The normalized spacial score (nSPS) is 20.1. The number of rotatable bonds is 3. The van der Waals surface area contributed by atoms with Gasteiger partial charge in [-0.05, 0) is 24.1 Å². The first-order chi connectivity index (χ1) is 8.77. The van der Waals surface area contributed by atoms with Gasteiger partial charge in [-0.15, -0.1) is 0 Å². The lowest BCUT2D eigenvalue weighted by molar-refractivity contribution is -0.128. The predicted molar refractivity (Wildman–Crippen MR) is 74.8 cm³/mol. The average molecular weight is 322 g/mol. The Balaban J connectivity index is 2.14. The van der Waals surface area contributed by atoms with Crippen LogP contribution >= 0.6 is 22.3 Å². The molecule has 1 aromatic rings. The molecule has 1 atom stereocenters. The van der Waals surface area contributed by atoms with Gasteiger partial charge >= 0.3 is 0 Å². The van der Waals surface area contributed by atoms with E-state index in [1.54, 1.807) is 0 Å². The topological polar surface area (TPSA) is 54.5 Å². The van der Waals surface area contributed by atoms with E-state index in [1.165, 1.54) is 4.90 Å². The third-order valence-electron chi connectivity index (χ3n) is 3.15. The second kappa shape index (κ2) is 5.31. The minimum atomic E-state index is -3.70. The van der Waals surface area contributed by atoms with Gasteiger partial charge in [-0.3, -0.25) is 4.79 Å². The predicted octanol–water partition coefficient (Wildman–Crippen LogP) is 2.32. The van der Waals surface area contributed by atoms with Crippen molar-refractivity contribution in [2.75, 3.05) is 6.54 Å². The Morgan fingerprint density at radius 1 is 1.42 bits per heavy atom. The van der Waals surface area contributed by atoms with Crippen LogP contribution in [0.4, 0.5) is 0 Å². The summed E-state index contributed by atoms with van der Waals surface area (Å²) in [6.45, 7) is 2.35. The summed E-state index contributed by atoms with van der Waals surface area (Å²) in [5.41, 5.74) is 1.83. The quantitative estimate of drug-likeness (QED) is 0.803. The number of aryl methyl sites for hydroxylation is 1. The minimum Gasteiger partial charge on any atom is -0.337 e. The molecule has 0 aromatic heterocycles. The number of benzene rings is 1. The van der Waals surface area contributed by atoms with Crippen LogP contribution in [0.2, 0.25) is 5.02 Å². The molecule has 1 heterocycles. The first-order valence-corrected chi connectivity index (χ1v) is 8.48. The van der Waals surface area contributed by atoms with E-state index in [9.17, 15) is 13.2 Å². The molecule has 0 radical (unpaired) electrons. The Morgan fingerprint density at radius 2 is 2.11 bits per heavy atom. The van der Waals surface area contributed by atoms with E-state index in [2.05, 4.69) is 0 Å². The Kier molecular flexibility index (Phi) is 4.08. The van der Waals surface area contributed by atoms with Crippen molar-refractivity contribution in [1.29, 1.82) is 0 Å². The molecule has 1 saturated heterocycles. The van der Waals surface area contributed by atoms with Gasteiger partial charge in [-0.2, -0.15) is 0 Å². The molecule has 1 aliphatic heterocycles. The maximum absolute atomic E-state index is 11.8. The van der Waals surface area contributed by atoms with Crippen LogP contribution in [0.3, 0.4) is 0 Å². The number of hydrogen-bond acceptors (Lipinski definition) is 3. The van der Waals surface area contributed by atoms with E-state index in [4.69, 9.17) is 22.3 Å². The summed E-state index contributed by atoms with van der Waals surface area (Å²) >= 11 is 6.10. The molecule has 1 aromatic carbocycles. The van der Waals surface area contributed by atoms with Crippen molar-refractivity contribution in [3.63, 3.8) is 0 Å². The summed E-state index contributed by atoms with van der Waals surface area (Å²) in [4.78, 5) is 13.2. The number of likely N-dealkylation sites (tertiary alicyclic amines) is 1. The highest BCUT2D eigenvalue weighted by Crippen LogP contribution is 2.25. The van der Waals surface area contributed by atoms with Crippen LogP contribution in [-0.4, -0.2) is 31.0 Å². The molecule has 0 aliphatic carbocycles. The summed E-state index contributed by atoms with van der Waals surface area (Å²) in [5, 5.41) is -0.254. The molecule has 2 rings (SSSR count). The van der Waals surface area contributed by atoms with Gasteiger partial charge in [0, 0.05) is 35.2 Å². The van der Waals surface area contributed by atoms with Crippen LogP contribution in [0.1, 0.15) is 17.5 Å². The number of carbonyl (C=O) groups excluding carboxylic acids is 1. The summed E-state index contributed by atoms with van der Waals surface area (Å²) in [6, 6.07) is 5.55. The van der Waals surface area contributed by atoms with E-state index >= 15 is 0 Å². The summed E-state index contributed by atoms with van der Waals surface area (Å²) in [5.74, 6) is -0.217. The molecule has 0 spiro atoms. The van der Waals surface area contributed by atoms with Crippen molar-refractivity contribution in [3.8, 4) is 0 Å². The van der Waals surface area contributed by atoms with Crippen LogP contribution in [0.15, 0.2) is 18.2 Å². The maximum atomic E-state index is 11.8. The van der Waals surface area contributed by atoms with Crippen LogP contribution in [0, 0.1) is 6.92 Å². The Bertz CT molecular complexity index is 615. The second-order valence-corrected chi connectivity index (χ2v) is 7.99. The van der Waals surface area contributed by atoms with Crippen LogP contribution in [0.25, 0.3) is 0 Å². The smallest absolute Gasteiger partial charge is 0.237 e. The van der Waals surface area contributed by atoms with E-state index in [0.717, 1.165) is 11.1 Å². The molecule has 1 unspecified atom stereocenters. The highest BCUT2D eigenvalue weighted by Gasteiger charge is 2.37. The third-order valence-corrected chi connectivity index (χ3v) is 5.37. The van der Waals surface area contributed by atoms with Crippen molar-refractivity contribution in [2.45, 2.75) is 25.1 Å². The molecule has 7 heteroatoms. The van der Waals surface area contributed by atoms with Gasteiger partial charge in [0.15, 0.2) is 0 Å². The van der Waals surface area contributed by atoms with E-state index in [1.807, 2.05) is 25.1 Å². The lowest BCUT2D eigenvalue weighted by Gasteiger charge is -2.17. The number of halogens is 2. The molecule has 0 saturated carbocycles. The van der Waals surface area contributed by atoms with Crippen molar-refractivity contribution >= 4 is 37.2 Å². The zero-order chi connectivity index (χ0) is 14.2. The fourth-order valence-corrected chi connectivity index (χ4v) is 3.42. The summed E-state index contributed by atoms with van der Waals surface area (Å²) in [7, 11) is 1.59. The molecular weight excluding hydrogens is 309 g/mol. The zero-order valence-corrected chi connectivity index (χ0v) is 12.6. The van der Waals surface area contributed by atoms with Crippen LogP contribution in [-0.2, 0) is 20.4 Å². The number of hydrogen-bond donors (Lipinski definition) is 0. The second-order valence-electron chi connectivity index (χ2n) is 4.67. The fraction of sp³-hybridized carbons (Fsp3) is 0.417. The summed E-state index contributed by atoms with van der Waals surface area (Å²) in [6.07, 6.45) is -0.0602. The molecule has 1 amide bonds. The third kappa shape index (κ3) is 3.41. The Hall–Kier alpha value is -0.780. The molecule has 19 heavy (non-hydrogen) atoms. The Labute approximate surface area is 121 Å². The van der Waals surface area contributed by atoms with E-state index in [0.29, 0.717) is 11.6 Å². The SMILES string of the molecule is Cc1ccc(CN2CC(S(=O)(=O)Cl)CC2=O)c(Cl)c1. The van der Waals surface area contributed by atoms with Gasteiger partial charge in [-0.25, -0.2) is 8.42 Å². The molecule has 104 valence electrons. The van der Waals surface area contributed by atoms with Gasteiger partial charge in [0.2, 0.25) is 15.0 Å². The van der Waals surface area contributed by atoms with Gasteiger partial charge in [0.05, 0.1) is 0 Å². The number of amides is 1. The molecule has 1 aliphatic rings. The molecular formula is C12H13Cl2NO3S. The van der Waals surface area contributed by atoms with E-state index in [-0.39, 0.29) is 18.9 Å². The van der Waals surface area contributed by atoms with Gasteiger partial charge < -0.3 is 4.90 Å². The Morgan fingerprint density at radius 3 is 2.63 bits per heavy atom. The maximum Gasteiger partial charge on any atom is 0.237 e. The number of nitrogens with zero attached hydrogens (tertiary/aromatic N) is 1. The van der Waals surface area contributed by atoms with Gasteiger partial charge in [0.25, 0.3) is 0 Å². The highest BCUT2D eigenvalue weighted by molar-refractivity contribution is 8.14. The van der Waals surface area contributed by atoms with Gasteiger partial charge in [0.1, 0.15) is 5.25 Å². The molecule has 4 nitrogen and oxygen atoms in total. The lowest BCUT2D eigenvalue weighted by Crippen LogP contribution is -2.26. The van der Waals surface area contributed by atoms with Crippen LogP contribution in [0.5, 0.6) is 0 Å². The standard InChI is InChI=1S/C12H13Cl2NO3S/c1-8-2-3-9(11(13)4-8)6-15-7-10(5-12(15)16)19(14,17)18/h2-4,10H,5-7H2,1H3. The highest BCUT2D eigenvalue weighted by atomic mass is 35.7. The monoisotopic (exact) mass is 321 g/mol. The molecule has 1 fully saturated rings. The number of carbonyl (C=O) groups is 1. The van der Waals surface area contributed by atoms with E-state index < -0.39 is 14.3 Å². The molecule has 0 bridgehead atoms. The van der Waals surface area contributed by atoms with Gasteiger partial charge in [-0.1, -0.05) is 23.7 Å². The van der Waals surface area contributed by atoms with Crippen molar-refractivity contribution < 1.29 is 13.2 Å². The first kappa shape index (κ1) is 14.6. The minimum absolute atomic E-state index is 0.0602. The first-order valence-electron chi connectivity index (χ1n) is 5.73. The molecule has 0 N–H and O–H groups in total. The summed E-state index contributed by atoms with van der Waals surface area (Å²) < 4.78 is 22.5. The fourth-order valence-electron chi connectivity index (χ4n) is 2.06. The average Bonchev–Trinajstić information content (AvgIpc) is 2.64. The largest absolute Gasteiger partial charge is 0.337 e. The zero-order valence-electron chi connectivity index (χ0n) is 10.3. The van der Waals surface area contributed by atoms with Crippen LogP contribution < -0.4 is 0 Å². The van der Waals surface area contributed by atoms with Crippen molar-refractivity contribution in [3.05, 3.63) is 34.3 Å². The lowest BCUT2D eigenvalue weighted by atomic mass is 10.1. The van der Waals surface area contributed by atoms with Crippen molar-refractivity contribution in [2.24, 2.45) is 0 Å².